The molecule has 0 radical (unpaired) electrons. The largest absolute Gasteiger partial charge is 0.393 e. The maximum absolute atomic E-state index is 9.67. The summed E-state index contributed by atoms with van der Waals surface area (Å²) in [5.41, 5.74) is 2.97. The summed E-state index contributed by atoms with van der Waals surface area (Å²) in [6.45, 7) is 6.71. The average molecular weight is 218 g/mol. The number of benzene rings is 1. The van der Waals surface area contributed by atoms with Gasteiger partial charge < -0.3 is 5.11 Å². The fourth-order valence-electron chi connectivity index (χ4n) is 2.74. The van der Waals surface area contributed by atoms with Crippen LogP contribution in [-0.2, 0) is 5.41 Å². The minimum Gasteiger partial charge on any atom is -0.393 e. The van der Waals surface area contributed by atoms with Crippen molar-refractivity contribution in [2.45, 2.75) is 57.5 Å². The van der Waals surface area contributed by atoms with Crippen LogP contribution in [0.4, 0.5) is 0 Å². The van der Waals surface area contributed by atoms with Crippen molar-refractivity contribution in [2.75, 3.05) is 0 Å². The molecule has 1 aromatic carbocycles. The smallest absolute Gasteiger partial charge is 0.0549 e. The molecule has 1 fully saturated rings. The van der Waals surface area contributed by atoms with Gasteiger partial charge in [-0.3, -0.25) is 0 Å². The Labute approximate surface area is 98.5 Å². The van der Waals surface area contributed by atoms with E-state index in [0.29, 0.717) is 5.92 Å². The lowest BCUT2D eigenvalue weighted by atomic mass is 9.80. The molecular weight excluding hydrogens is 196 g/mol. The summed E-state index contributed by atoms with van der Waals surface area (Å²) in [6, 6.07) is 8.95. The van der Waals surface area contributed by atoms with Crippen LogP contribution in [0, 0.1) is 0 Å². The summed E-state index contributed by atoms with van der Waals surface area (Å²) in [5.74, 6) is 0.594. The van der Waals surface area contributed by atoms with E-state index in [9.17, 15) is 5.11 Å². The molecule has 88 valence electrons. The molecule has 2 atom stereocenters. The van der Waals surface area contributed by atoms with Gasteiger partial charge in [-0.1, -0.05) is 45.0 Å². The second kappa shape index (κ2) is 4.21. The van der Waals surface area contributed by atoms with E-state index in [1.54, 1.807) is 0 Å². The molecule has 1 aromatic rings. The normalized spacial score (nSPS) is 29.9. The third-order valence-electron chi connectivity index (χ3n) is 3.99. The van der Waals surface area contributed by atoms with Crippen molar-refractivity contribution in [3.05, 3.63) is 35.4 Å². The standard InChI is InChI=1S/C15H22O/c1-11(2)12-4-6-13(7-5-12)15(3)9-8-14(16)10-15/h4-7,11,14,16H,8-10H2,1-3H3. The SMILES string of the molecule is CC(C)c1ccc(C2(C)CCC(O)C2)cc1. The van der Waals surface area contributed by atoms with E-state index in [1.807, 2.05) is 0 Å². The van der Waals surface area contributed by atoms with Crippen molar-refractivity contribution in [2.24, 2.45) is 0 Å². The summed E-state index contributed by atoms with van der Waals surface area (Å²) in [4.78, 5) is 0. The highest BCUT2D eigenvalue weighted by Gasteiger charge is 2.35. The zero-order valence-electron chi connectivity index (χ0n) is 10.5. The highest BCUT2D eigenvalue weighted by atomic mass is 16.3. The summed E-state index contributed by atoms with van der Waals surface area (Å²) < 4.78 is 0. The minimum absolute atomic E-state index is 0.102. The zero-order valence-corrected chi connectivity index (χ0v) is 10.5. The van der Waals surface area contributed by atoms with Crippen LogP contribution >= 0.6 is 0 Å². The fraction of sp³-hybridized carbons (Fsp3) is 0.600. The monoisotopic (exact) mass is 218 g/mol. The van der Waals surface area contributed by atoms with Crippen LogP contribution in [0.5, 0.6) is 0 Å². The minimum atomic E-state index is -0.102. The van der Waals surface area contributed by atoms with E-state index in [1.165, 1.54) is 11.1 Å². The molecular formula is C15H22O. The molecule has 16 heavy (non-hydrogen) atoms. The van der Waals surface area contributed by atoms with Crippen molar-refractivity contribution in [3.63, 3.8) is 0 Å². The van der Waals surface area contributed by atoms with Crippen molar-refractivity contribution >= 4 is 0 Å². The van der Waals surface area contributed by atoms with Gasteiger partial charge in [0.05, 0.1) is 6.10 Å². The van der Waals surface area contributed by atoms with Crippen LogP contribution in [0.15, 0.2) is 24.3 Å². The van der Waals surface area contributed by atoms with Crippen molar-refractivity contribution in [1.82, 2.24) is 0 Å². The van der Waals surface area contributed by atoms with Crippen molar-refractivity contribution in [1.29, 1.82) is 0 Å². The van der Waals surface area contributed by atoms with Crippen LogP contribution in [0.25, 0.3) is 0 Å². The fourth-order valence-corrected chi connectivity index (χ4v) is 2.74. The molecule has 2 rings (SSSR count). The Kier molecular flexibility index (Phi) is 3.07. The van der Waals surface area contributed by atoms with Crippen LogP contribution < -0.4 is 0 Å². The van der Waals surface area contributed by atoms with Gasteiger partial charge in [-0.05, 0) is 41.7 Å². The maximum Gasteiger partial charge on any atom is 0.0549 e. The van der Waals surface area contributed by atoms with E-state index in [4.69, 9.17) is 0 Å². The first-order valence-corrected chi connectivity index (χ1v) is 6.30. The molecule has 1 heteroatoms. The Morgan fingerprint density at radius 2 is 1.88 bits per heavy atom. The van der Waals surface area contributed by atoms with Gasteiger partial charge in [0, 0.05) is 0 Å². The second-order valence-corrected chi connectivity index (χ2v) is 5.73. The predicted molar refractivity (Wildman–Crippen MR) is 67.7 cm³/mol. The number of hydrogen-bond acceptors (Lipinski definition) is 1. The summed E-state index contributed by atoms with van der Waals surface area (Å²) >= 11 is 0. The molecule has 1 N–H and O–H groups in total. The Balaban J connectivity index is 2.21. The first-order valence-electron chi connectivity index (χ1n) is 6.30. The third kappa shape index (κ3) is 2.15. The first-order chi connectivity index (χ1) is 7.51. The van der Waals surface area contributed by atoms with E-state index in [2.05, 4.69) is 45.0 Å². The Morgan fingerprint density at radius 1 is 1.25 bits per heavy atom. The average Bonchev–Trinajstić information content (AvgIpc) is 2.60. The van der Waals surface area contributed by atoms with Crippen LogP contribution in [-0.4, -0.2) is 11.2 Å². The van der Waals surface area contributed by atoms with E-state index in [0.717, 1.165) is 19.3 Å². The quantitative estimate of drug-likeness (QED) is 0.804. The van der Waals surface area contributed by atoms with E-state index in [-0.39, 0.29) is 11.5 Å². The zero-order chi connectivity index (χ0) is 11.8. The predicted octanol–water partition coefficient (Wildman–Crippen LogP) is 3.61. The Morgan fingerprint density at radius 3 is 2.31 bits per heavy atom. The Hall–Kier alpha value is -0.820. The lowest BCUT2D eigenvalue weighted by Crippen LogP contribution is -2.18. The van der Waals surface area contributed by atoms with Gasteiger partial charge in [0.2, 0.25) is 0 Å². The summed E-state index contributed by atoms with van der Waals surface area (Å²) in [5, 5.41) is 9.67. The van der Waals surface area contributed by atoms with Crippen LogP contribution in [0.2, 0.25) is 0 Å². The number of aliphatic hydroxyl groups is 1. The number of hydrogen-bond donors (Lipinski definition) is 1. The second-order valence-electron chi connectivity index (χ2n) is 5.73. The molecule has 0 bridgehead atoms. The van der Waals surface area contributed by atoms with E-state index < -0.39 is 0 Å². The highest BCUT2D eigenvalue weighted by Crippen LogP contribution is 2.40. The molecule has 1 aliphatic rings. The summed E-state index contributed by atoms with van der Waals surface area (Å²) in [6.07, 6.45) is 2.86. The molecule has 2 unspecified atom stereocenters. The first kappa shape index (κ1) is 11.7. The molecule has 1 saturated carbocycles. The van der Waals surface area contributed by atoms with E-state index >= 15 is 0 Å². The maximum atomic E-state index is 9.67. The summed E-state index contributed by atoms with van der Waals surface area (Å²) in [7, 11) is 0. The Bertz CT molecular complexity index is 352. The van der Waals surface area contributed by atoms with Gasteiger partial charge in [0.1, 0.15) is 0 Å². The molecule has 1 nitrogen and oxygen atoms in total. The van der Waals surface area contributed by atoms with Gasteiger partial charge in [0.15, 0.2) is 0 Å². The molecule has 0 saturated heterocycles. The van der Waals surface area contributed by atoms with Gasteiger partial charge in [-0.25, -0.2) is 0 Å². The van der Waals surface area contributed by atoms with Gasteiger partial charge in [0.25, 0.3) is 0 Å². The number of rotatable bonds is 2. The lowest BCUT2D eigenvalue weighted by Gasteiger charge is -2.24. The molecule has 0 amide bonds. The molecule has 0 heterocycles. The lowest BCUT2D eigenvalue weighted by molar-refractivity contribution is 0.175. The van der Waals surface area contributed by atoms with Gasteiger partial charge >= 0.3 is 0 Å². The highest BCUT2D eigenvalue weighted by molar-refractivity contribution is 5.31. The van der Waals surface area contributed by atoms with Crippen LogP contribution in [0.3, 0.4) is 0 Å². The molecule has 0 spiro atoms. The third-order valence-corrected chi connectivity index (χ3v) is 3.99. The molecule has 1 aliphatic carbocycles. The number of aliphatic hydroxyl groups excluding tert-OH is 1. The van der Waals surface area contributed by atoms with Gasteiger partial charge in [-0.2, -0.15) is 0 Å². The molecule has 0 aliphatic heterocycles. The molecule has 0 aromatic heterocycles. The van der Waals surface area contributed by atoms with Crippen molar-refractivity contribution < 1.29 is 5.11 Å². The van der Waals surface area contributed by atoms with Crippen molar-refractivity contribution in [3.8, 4) is 0 Å². The topological polar surface area (TPSA) is 20.2 Å². The van der Waals surface area contributed by atoms with Gasteiger partial charge in [-0.15, -0.1) is 0 Å². The van der Waals surface area contributed by atoms with Crippen LogP contribution in [0.1, 0.15) is 57.1 Å².